The second-order valence-electron chi connectivity index (χ2n) is 10.4. The first-order valence-corrected chi connectivity index (χ1v) is 11.6. The summed E-state index contributed by atoms with van der Waals surface area (Å²) in [7, 11) is 0. The lowest BCUT2D eigenvalue weighted by Crippen LogP contribution is -2.33. The molecular formula is C27H32FN3O2. The number of halogens is 1. The Kier molecular flexibility index (Phi) is 6.37. The summed E-state index contributed by atoms with van der Waals surface area (Å²) >= 11 is 0. The van der Waals surface area contributed by atoms with Crippen LogP contribution in [0.25, 0.3) is 22.3 Å². The van der Waals surface area contributed by atoms with E-state index in [1.807, 2.05) is 45.9 Å². The van der Waals surface area contributed by atoms with E-state index in [4.69, 9.17) is 14.7 Å². The Morgan fingerprint density at radius 3 is 2.58 bits per heavy atom. The molecule has 2 aromatic carbocycles. The van der Waals surface area contributed by atoms with E-state index >= 15 is 4.39 Å². The standard InChI is InChI=1S/C27H32FN3O2/c1-17-11-13-31(14-12-17)26-19-10-9-18(2)15-21(19)29-25(30-26)24-20(28)7-6-8-22(24)33-23(32)16-27(3,4)5/h6-10,15,17H,11-14,16H2,1-5H3. The fraction of sp³-hybridized carbons (Fsp3) is 0.444. The maximum atomic E-state index is 15.1. The van der Waals surface area contributed by atoms with E-state index in [9.17, 15) is 4.79 Å². The topological polar surface area (TPSA) is 55.3 Å². The zero-order valence-corrected chi connectivity index (χ0v) is 20.1. The van der Waals surface area contributed by atoms with E-state index < -0.39 is 11.8 Å². The van der Waals surface area contributed by atoms with Gasteiger partial charge in [-0.25, -0.2) is 14.4 Å². The van der Waals surface area contributed by atoms with E-state index in [0.717, 1.165) is 48.2 Å². The highest BCUT2D eigenvalue weighted by Gasteiger charge is 2.25. The summed E-state index contributed by atoms with van der Waals surface area (Å²) in [6.45, 7) is 11.9. The van der Waals surface area contributed by atoms with Crippen LogP contribution in [0.4, 0.5) is 10.2 Å². The van der Waals surface area contributed by atoms with Gasteiger partial charge in [-0.05, 0) is 60.9 Å². The van der Waals surface area contributed by atoms with Gasteiger partial charge in [0.05, 0.1) is 17.5 Å². The van der Waals surface area contributed by atoms with E-state index in [2.05, 4.69) is 11.8 Å². The first-order valence-electron chi connectivity index (χ1n) is 11.6. The predicted octanol–water partition coefficient (Wildman–Crippen LogP) is 6.32. The average molecular weight is 450 g/mol. The van der Waals surface area contributed by atoms with Gasteiger partial charge < -0.3 is 9.64 Å². The molecule has 0 unspecified atom stereocenters. The summed E-state index contributed by atoms with van der Waals surface area (Å²) in [5, 5.41) is 0.946. The predicted molar refractivity (Wildman–Crippen MR) is 130 cm³/mol. The summed E-state index contributed by atoms with van der Waals surface area (Å²) in [5.74, 6) is 0.943. The van der Waals surface area contributed by atoms with Gasteiger partial charge in [0.15, 0.2) is 5.82 Å². The van der Waals surface area contributed by atoms with Gasteiger partial charge in [-0.2, -0.15) is 0 Å². The van der Waals surface area contributed by atoms with E-state index in [1.165, 1.54) is 12.1 Å². The molecule has 4 rings (SSSR count). The van der Waals surface area contributed by atoms with Crippen LogP contribution >= 0.6 is 0 Å². The van der Waals surface area contributed by atoms with Gasteiger partial charge in [0.2, 0.25) is 0 Å². The van der Waals surface area contributed by atoms with Gasteiger partial charge in [-0.15, -0.1) is 0 Å². The van der Waals surface area contributed by atoms with Crippen molar-refractivity contribution in [3.63, 3.8) is 0 Å². The smallest absolute Gasteiger partial charge is 0.311 e. The monoisotopic (exact) mass is 449 g/mol. The molecule has 1 saturated heterocycles. The van der Waals surface area contributed by atoms with Gasteiger partial charge in [0, 0.05) is 18.5 Å². The molecule has 0 saturated carbocycles. The minimum Gasteiger partial charge on any atom is -0.426 e. The Morgan fingerprint density at radius 2 is 1.88 bits per heavy atom. The molecule has 0 atom stereocenters. The number of esters is 1. The first-order chi connectivity index (χ1) is 15.6. The molecule has 0 N–H and O–H groups in total. The van der Waals surface area contributed by atoms with Crippen LogP contribution in [0.1, 0.15) is 52.5 Å². The fourth-order valence-electron chi connectivity index (χ4n) is 4.19. The zero-order valence-electron chi connectivity index (χ0n) is 20.1. The van der Waals surface area contributed by atoms with E-state index in [0.29, 0.717) is 5.92 Å². The Bertz CT molecular complexity index is 1180. The molecule has 1 aromatic heterocycles. The van der Waals surface area contributed by atoms with Crippen LogP contribution in [0.3, 0.4) is 0 Å². The van der Waals surface area contributed by atoms with Crippen LogP contribution < -0.4 is 9.64 Å². The van der Waals surface area contributed by atoms with Gasteiger partial charge in [0.25, 0.3) is 0 Å². The highest BCUT2D eigenvalue weighted by molar-refractivity contribution is 5.92. The lowest BCUT2D eigenvalue weighted by atomic mass is 9.92. The maximum Gasteiger partial charge on any atom is 0.311 e. The number of anilines is 1. The van der Waals surface area contributed by atoms with Crippen LogP contribution in [-0.4, -0.2) is 29.0 Å². The van der Waals surface area contributed by atoms with Crippen molar-refractivity contribution in [2.24, 2.45) is 11.3 Å². The molecule has 174 valence electrons. The molecule has 6 heteroatoms. The molecule has 0 spiro atoms. The number of hydrogen-bond donors (Lipinski definition) is 0. The van der Waals surface area contributed by atoms with Crippen molar-refractivity contribution in [1.82, 2.24) is 9.97 Å². The molecule has 0 amide bonds. The molecule has 1 aliphatic heterocycles. The molecule has 1 fully saturated rings. The second kappa shape index (κ2) is 9.08. The van der Waals surface area contributed by atoms with Crippen LogP contribution in [0.5, 0.6) is 5.75 Å². The van der Waals surface area contributed by atoms with Gasteiger partial charge in [-0.3, -0.25) is 4.79 Å². The summed E-state index contributed by atoms with van der Waals surface area (Å²) in [4.78, 5) is 24.3. The number of carbonyl (C=O) groups excluding carboxylic acids is 1. The van der Waals surface area contributed by atoms with Gasteiger partial charge in [-0.1, -0.05) is 39.8 Å². The van der Waals surface area contributed by atoms with Crippen molar-refractivity contribution < 1.29 is 13.9 Å². The number of benzene rings is 2. The Morgan fingerprint density at radius 1 is 1.15 bits per heavy atom. The molecule has 3 aromatic rings. The molecular weight excluding hydrogens is 417 g/mol. The molecule has 0 aliphatic carbocycles. The van der Waals surface area contributed by atoms with Crippen molar-refractivity contribution in [2.75, 3.05) is 18.0 Å². The summed E-state index contributed by atoms with van der Waals surface area (Å²) < 4.78 is 20.8. The molecule has 1 aliphatic rings. The van der Waals surface area contributed by atoms with Crippen molar-refractivity contribution in [3.05, 3.63) is 47.8 Å². The second-order valence-corrected chi connectivity index (χ2v) is 10.4. The largest absolute Gasteiger partial charge is 0.426 e. The molecule has 2 heterocycles. The van der Waals surface area contributed by atoms with Crippen molar-refractivity contribution in [1.29, 1.82) is 0 Å². The van der Waals surface area contributed by atoms with Crippen molar-refractivity contribution in [3.8, 4) is 17.1 Å². The number of rotatable bonds is 4. The summed E-state index contributed by atoms with van der Waals surface area (Å²) in [6, 6.07) is 10.6. The Labute approximate surface area is 195 Å². The van der Waals surface area contributed by atoms with Crippen LogP contribution in [0.15, 0.2) is 36.4 Å². The fourth-order valence-corrected chi connectivity index (χ4v) is 4.19. The van der Waals surface area contributed by atoms with E-state index in [1.54, 1.807) is 6.07 Å². The number of ether oxygens (including phenoxy) is 1. The van der Waals surface area contributed by atoms with Gasteiger partial charge >= 0.3 is 5.97 Å². The third kappa shape index (κ3) is 5.32. The maximum absolute atomic E-state index is 15.1. The SMILES string of the molecule is Cc1ccc2c(N3CCC(C)CC3)nc(-c3c(F)cccc3OC(=O)CC(C)(C)C)nc2c1. The number of piperidine rings is 1. The number of carbonyl (C=O) groups is 1. The van der Waals surface area contributed by atoms with E-state index in [-0.39, 0.29) is 29.0 Å². The zero-order chi connectivity index (χ0) is 23.8. The third-order valence-corrected chi connectivity index (χ3v) is 6.01. The number of hydrogen-bond acceptors (Lipinski definition) is 5. The van der Waals surface area contributed by atoms with Crippen molar-refractivity contribution in [2.45, 2.75) is 53.9 Å². The average Bonchev–Trinajstić information content (AvgIpc) is 2.72. The summed E-state index contributed by atoms with van der Waals surface area (Å²) in [5.41, 5.74) is 1.70. The molecule has 33 heavy (non-hydrogen) atoms. The van der Waals surface area contributed by atoms with Crippen LogP contribution in [-0.2, 0) is 4.79 Å². The minimum atomic E-state index is -0.513. The molecule has 0 radical (unpaired) electrons. The third-order valence-electron chi connectivity index (χ3n) is 6.01. The number of nitrogens with zero attached hydrogens (tertiary/aromatic N) is 3. The normalized spacial score (nSPS) is 15.2. The number of aryl methyl sites for hydroxylation is 1. The van der Waals surface area contributed by atoms with Crippen LogP contribution in [0.2, 0.25) is 0 Å². The number of aromatic nitrogens is 2. The molecule has 0 bridgehead atoms. The van der Waals surface area contributed by atoms with Crippen LogP contribution in [0, 0.1) is 24.1 Å². The van der Waals surface area contributed by atoms with Crippen molar-refractivity contribution >= 4 is 22.7 Å². The molecule has 5 nitrogen and oxygen atoms in total. The summed E-state index contributed by atoms with van der Waals surface area (Å²) in [6.07, 6.45) is 2.39. The Hall–Kier alpha value is -3.02. The highest BCUT2D eigenvalue weighted by Crippen LogP contribution is 2.36. The Balaban J connectivity index is 1.82. The number of fused-ring (bicyclic) bond motifs is 1. The minimum absolute atomic E-state index is 0.120. The lowest BCUT2D eigenvalue weighted by Gasteiger charge is -2.32. The quantitative estimate of drug-likeness (QED) is 0.344. The van der Waals surface area contributed by atoms with Gasteiger partial charge in [0.1, 0.15) is 17.4 Å². The first kappa shape index (κ1) is 23.1. The lowest BCUT2D eigenvalue weighted by molar-refractivity contribution is -0.136. The highest BCUT2D eigenvalue weighted by atomic mass is 19.1.